The van der Waals surface area contributed by atoms with E-state index >= 15 is 0 Å². The van der Waals surface area contributed by atoms with Crippen molar-refractivity contribution in [3.8, 4) is 12.3 Å². The summed E-state index contributed by atoms with van der Waals surface area (Å²) in [6, 6.07) is 10.2. The Morgan fingerprint density at radius 1 is 1.04 bits per heavy atom. The SMILES string of the molecule is C#CCCC1(CCC(=O)Nc2cccc(NC(=O)c3ccncc3)c2)N=N1. The van der Waals surface area contributed by atoms with Gasteiger partial charge in [0.15, 0.2) is 5.66 Å². The van der Waals surface area contributed by atoms with Crippen LogP contribution in [0.15, 0.2) is 59.0 Å². The zero-order valence-corrected chi connectivity index (χ0v) is 14.7. The van der Waals surface area contributed by atoms with E-state index in [1.807, 2.05) is 0 Å². The van der Waals surface area contributed by atoms with Crippen LogP contribution >= 0.6 is 0 Å². The Balaban J connectivity index is 1.52. The minimum atomic E-state index is -0.468. The minimum Gasteiger partial charge on any atom is -0.326 e. The van der Waals surface area contributed by atoms with E-state index in [1.54, 1.807) is 48.8 Å². The summed E-state index contributed by atoms with van der Waals surface area (Å²) in [5, 5.41) is 13.7. The van der Waals surface area contributed by atoms with Crippen molar-refractivity contribution >= 4 is 23.2 Å². The summed E-state index contributed by atoms with van der Waals surface area (Å²) in [7, 11) is 0. The van der Waals surface area contributed by atoms with Crippen LogP contribution in [-0.4, -0.2) is 22.5 Å². The molecule has 136 valence electrons. The molecular weight excluding hydrogens is 342 g/mol. The van der Waals surface area contributed by atoms with Gasteiger partial charge in [-0.3, -0.25) is 14.6 Å². The molecule has 0 fully saturated rings. The molecule has 2 amide bonds. The summed E-state index contributed by atoms with van der Waals surface area (Å²) in [6.45, 7) is 0. The molecule has 0 atom stereocenters. The molecule has 1 aliphatic rings. The van der Waals surface area contributed by atoms with Crippen molar-refractivity contribution in [2.24, 2.45) is 10.2 Å². The molecular formula is C20H19N5O2. The number of nitrogens with zero attached hydrogens (tertiary/aromatic N) is 3. The molecule has 7 heteroatoms. The van der Waals surface area contributed by atoms with Crippen LogP contribution in [-0.2, 0) is 4.79 Å². The molecule has 2 heterocycles. The molecule has 0 bridgehead atoms. The quantitative estimate of drug-likeness (QED) is 0.703. The monoisotopic (exact) mass is 361 g/mol. The van der Waals surface area contributed by atoms with E-state index in [-0.39, 0.29) is 11.8 Å². The highest BCUT2D eigenvalue weighted by Gasteiger charge is 2.39. The second-order valence-corrected chi connectivity index (χ2v) is 6.21. The average Bonchev–Trinajstić information content (AvgIpc) is 3.46. The number of amides is 2. The van der Waals surface area contributed by atoms with Crippen LogP contribution in [0.4, 0.5) is 11.4 Å². The normalized spacial score (nSPS) is 13.4. The second-order valence-electron chi connectivity index (χ2n) is 6.21. The number of carbonyl (C=O) groups is 2. The maximum absolute atomic E-state index is 12.2. The maximum atomic E-state index is 12.2. The Labute approximate surface area is 157 Å². The first-order valence-corrected chi connectivity index (χ1v) is 8.59. The number of anilines is 2. The third-order valence-electron chi connectivity index (χ3n) is 4.15. The molecule has 27 heavy (non-hydrogen) atoms. The summed E-state index contributed by atoms with van der Waals surface area (Å²) in [4.78, 5) is 28.3. The summed E-state index contributed by atoms with van der Waals surface area (Å²) in [5.41, 5.74) is 1.24. The first-order chi connectivity index (χ1) is 13.1. The predicted octanol–water partition coefficient (Wildman–Crippen LogP) is 3.63. The van der Waals surface area contributed by atoms with Gasteiger partial charge in [-0.15, -0.1) is 12.3 Å². The van der Waals surface area contributed by atoms with E-state index in [1.165, 1.54) is 0 Å². The molecule has 7 nitrogen and oxygen atoms in total. The Morgan fingerprint density at radius 3 is 2.41 bits per heavy atom. The first-order valence-electron chi connectivity index (χ1n) is 8.59. The van der Waals surface area contributed by atoms with Gasteiger partial charge in [-0.25, -0.2) is 0 Å². The minimum absolute atomic E-state index is 0.134. The highest BCUT2D eigenvalue weighted by Crippen LogP contribution is 2.37. The molecule has 0 aliphatic carbocycles. The van der Waals surface area contributed by atoms with E-state index < -0.39 is 5.66 Å². The molecule has 0 radical (unpaired) electrons. The van der Waals surface area contributed by atoms with Crippen molar-refractivity contribution in [3.63, 3.8) is 0 Å². The third kappa shape index (κ3) is 5.22. The van der Waals surface area contributed by atoms with Gasteiger partial charge in [-0.2, -0.15) is 10.2 Å². The van der Waals surface area contributed by atoms with Crippen molar-refractivity contribution in [1.29, 1.82) is 0 Å². The van der Waals surface area contributed by atoms with Crippen molar-refractivity contribution in [3.05, 3.63) is 54.4 Å². The van der Waals surface area contributed by atoms with Gasteiger partial charge in [0, 0.05) is 55.0 Å². The van der Waals surface area contributed by atoms with Gasteiger partial charge in [0.2, 0.25) is 5.91 Å². The lowest BCUT2D eigenvalue weighted by Gasteiger charge is -2.11. The zero-order valence-electron chi connectivity index (χ0n) is 14.7. The number of carbonyl (C=O) groups excluding carboxylic acids is 2. The molecule has 1 aromatic heterocycles. The smallest absolute Gasteiger partial charge is 0.255 e. The summed E-state index contributed by atoms with van der Waals surface area (Å²) >= 11 is 0. The van der Waals surface area contributed by atoms with E-state index in [2.05, 4.69) is 31.8 Å². The van der Waals surface area contributed by atoms with Crippen LogP contribution in [0.3, 0.4) is 0 Å². The molecule has 1 aliphatic heterocycles. The number of pyridine rings is 1. The molecule has 1 aromatic carbocycles. The lowest BCUT2D eigenvalue weighted by atomic mass is 10.0. The highest BCUT2D eigenvalue weighted by molar-refractivity contribution is 6.04. The fourth-order valence-corrected chi connectivity index (χ4v) is 2.59. The van der Waals surface area contributed by atoms with Crippen molar-refractivity contribution in [1.82, 2.24) is 4.98 Å². The van der Waals surface area contributed by atoms with Crippen LogP contribution in [0.5, 0.6) is 0 Å². The highest BCUT2D eigenvalue weighted by atomic mass is 16.2. The van der Waals surface area contributed by atoms with Crippen LogP contribution < -0.4 is 10.6 Å². The Hall–Kier alpha value is -3.53. The van der Waals surface area contributed by atoms with E-state index in [9.17, 15) is 9.59 Å². The fraction of sp³-hybridized carbons (Fsp3) is 0.250. The number of hydrogen-bond donors (Lipinski definition) is 2. The largest absolute Gasteiger partial charge is 0.326 e. The van der Waals surface area contributed by atoms with Crippen molar-refractivity contribution in [2.75, 3.05) is 10.6 Å². The first kappa shape index (κ1) is 18.3. The predicted molar refractivity (Wildman–Crippen MR) is 102 cm³/mol. The van der Waals surface area contributed by atoms with Crippen molar-refractivity contribution in [2.45, 2.75) is 31.3 Å². The number of terminal acetylenes is 1. The maximum Gasteiger partial charge on any atom is 0.255 e. The third-order valence-corrected chi connectivity index (χ3v) is 4.15. The van der Waals surface area contributed by atoms with Crippen LogP contribution in [0.1, 0.15) is 36.0 Å². The molecule has 3 rings (SSSR count). The number of rotatable bonds is 8. The lowest BCUT2D eigenvalue weighted by Crippen LogP contribution is -2.18. The Kier molecular flexibility index (Phi) is 5.57. The lowest BCUT2D eigenvalue weighted by molar-refractivity contribution is -0.116. The van der Waals surface area contributed by atoms with Gasteiger partial charge in [0.1, 0.15) is 0 Å². The van der Waals surface area contributed by atoms with Gasteiger partial charge in [-0.1, -0.05) is 6.07 Å². The van der Waals surface area contributed by atoms with Crippen LogP contribution in [0.25, 0.3) is 0 Å². The summed E-state index contributed by atoms with van der Waals surface area (Å²) in [6.07, 6.45) is 10.5. The van der Waals surface area contributed by atoms with Gasteiger partial charge in [-0.05, 0) is 30.3 Å². The molecule has 2 N–H and O–H groups in total. The number of aromatic nitrogens is 1. The second kappa shape index (κ2) is 8.23. The van der Waals surface area contributed by atoms with Gasteiger partial charge in [0.05, 0.1) is 0 Å². The molecule has 2 aromatic rings. The molecule has 0 unspecified atom stereocenters. The van der Waals surface area contributed by atoms with Crippen LogP contribution in [0.2, 0.25) is 0 Å². The van der Waals surface area contributed by atoms with Crippen molar-refractivity contribution < 1.29 is 9.59 Å². The molecule has 0 spiro atoms. The van der Waals surface area contributed by atoms with Gasteiger partial charge >= 0.3 is 0 Å². The number of hydrogen-bond acceptors (Lipinski definition) is 5. The zero-order chi connectivity index (χ0) is 19.1. The van der Waals surface area contributed by atoms with Gasteiger partial charge < -0.3 is 10.6 Å². The summed E-state index contributed by atoms with van der Waals surface area (Å²) in [5.74, 6) is 2.19. The van der Waals surface area contributed by atoms with Gasteiger partial charge in [0.25, 0.3) is 5.91 Å². The standard InChI is InChI=1S/C20H19N5O2/c1-2-3-10-20(24-25-20)11-7-18(26)22-16-5-4-6-17(14-16)23-19(27)15-8-12-21-13-9-15/h1,4-6,8-9,12-14H,3,7,10-11H2,(H,22,26)(H,23,27). The van der Waals surface area contributed by atoms with Crippen LogP contribution in [0, 0.1) is 12.3 Å². The van der Waals surface area contributed by atoms with E-state index in [0.717, 1.165) is 0 Å². The molecule has 0 saturated heterocycles. The number of nitrogens with one attached hydrogen (secondary N) is 2. The summed E-state index contributed by atoms with van der Waals surface area (Å²) < 4.78 is 0. The number of benzene rings is 1. The topological polar surface area (TPSA) is 95.8 Å². The molecule has 0 saturated carbocycles. The average molecular weight is 361 g/mol. The van der Waals surface area contributed by atoms with E-state index in [4.69, 9.17) is 6.42 Å². The Morgan fingerprint density at radius 2 is 1.74 bits per heavy atom. The Bertz CT molecular complexity index is 896. The van der Waals surface area contributed by atoms with E-state index in [0.29, 0.717) is 42.6 Å². The fourth-order valence-electron chi connectivity index (χ4n) is 2.59.